The van der Waals surface area contributed by atoms with Gasteiger partial charge in [-0.15, -0.1) is 0 Å². The highest BCUT2D eigenvalue weighted by Crippen LogP contribution is 2.23. The Bertz CT molecular complexity index is 932. The number of pyridine rings is 3. The molecule has 0 radical (unpaired) electrons. The highest BCUT2D eigenvalue weighted by molar-refractivity contribution is 5.95. The number of aromatic nitrogens is 3. The first-order chi connectivity index (χ1) is 12.0. The predicted molar refractivity (Wildman–Crippen MR) is 85.5 cm³/mol. The molecule has 0 unspecified atom stereocenters. The molecule has 3 heterocycles. The van der Waals surface area contributed by atoms with Gasteiger partial charge in [-0.1, -0.05) is 0 Å². The summed E-state index contributed by atoms with van der Waals surface area (Å²) in [4.78, 5) is 24.2. The molecular formula is C18H13F2N3O2. The average Bonchev–Trinajstić information content (AvgIpc) is 2.54. The van der Waals surface area contributed by atoms with E-state index < -0.39 is 11.6 Å². The Morgan fingerprint density at radius 3 is 2.68 bits per heavy atom. The Balaban J connectivity index is 1.82. The number of hydrogen-bond donors (Lipinski definition) is 0. The van der Waals surface area contributed by atoms with E-state index >= 15 is 0 Å². The van der Waals surface area contributed by atoms with Gasteiger partial charge in [0, 0.05) is 30.1 Å². The van der Waals surface area contributed by atoms with Crippen molar-refractivity contribution in [2.24, 2.45) is 0 Å². The van der Waals surface area contributed by atoms with Crippen molar-refractivity contribution >= 4 is 5.78 Å². The minimum absolute atomic E-state index is 0.0881. The number of halogens is 2. The normalized spacial score (nSPS) is 10.5. The Morgan fingerprint density at radius 1 is 1.08 bits per heavy atom. The van der Waals surface area contributed by atoms with Crippen molar-refractivity contribution < 1.29 is 18.3 Å². The SMILES string of the molecule is Cc1cc(Oc2cncc(F)c2)cc(C(=O)Cc2cc(F)ccn2)n1. The lowest BCUT2D eigenvalue weighted by Crippen LogP contribution is -2.08. The van der Waals surface area contributed by atoms with Gasteiger partial charge in [0.05, 0.1) is 24.5 Å². The summed E-state index contributed by atoms with van der Waals surface area (Å²) in [6, 6.07) is 6.64. The van der Waals surface area contributed by atoms with Crippen LogP contribution in [0, 0.1) is 18.6 Å². The summed E-state index contributed by atoms with van der Waals surface area (Å²) in [6.45, 7) is 1.70. The van der Waals surface area contributed by atoms with E-state index in [2.05, 4.69) is 15.0 Å². The molecule has 0 aliphatic heterocycles. The van der Waals surface area contributed by atoms with Gasteiger partial charge in [0.1, 0.15) is 28.8 Å². The summed E-state index contributed by atoms with van der Waals surface area (Å²) in [5.41, 5.74) is 1.02. The molecule has 0 amide bonds. The number of carbonyl (C=O) groups excluding carboxylic acids is 1. The summed E-state index contributed by atoms with van der Waals surface area (Å²) >= 11 is 0. The molecule has 3 rings (SSSR count). The fourth-order valence-electron chi connectivity index (χ4n) is 2.22. The summed E-state index contributed by atoms with van der Waals surface area (Å²) in [6.07, 6.45) is 3.63. The lowest BCUT2D eigenvalue weighted by atomic mass is 10.1. The van der Waals surface area contributed by atoms with Crippen LogP contribution in [0.15, 0.2) is 48.9 Å². The summed E-state index contributed by atoms with van der Waals surface area (Å²) in [5.74, 6) is -0.787. The number of ether oxygens (including phenoxy) is 1. The van der Waals surface area contributed by atoms with Gasteiger partial charge in [-0.3, -0.25) is 14.8 Å². The Kier molecular flexibility index (Phi) is 4.74. The molecule has 7 heteroatoms. The molecule has 0 saturated carbocycles. The molecule has 0 aliphatic carbocycles. The smallest absolute Gasteiger partial charge is 0.187 e. The van der Waals surface area contributed by atoms with E-state index in [-0.39, 0.29) is 23.6 Å². The molecule has 25 heavy (non-hydrogen) atoms. The third-order valence-electron chi connectivity index (χ3n) is 3.25. The maximum absolute atomic E-state index is 13.2. The highest BCUT2D eigenvalue weighted by Gasteiger charge is 2.13. The van der Waals surface area contributed by atoms with Gasteiger partial charge in [-0.25, -0.2) is 13.8 Å². The number of aryl methyl sites for hydroxylation is 1. The average molecular weight is 341 g/mol. The third kappa shape index (κ3) is 4.41. The zero-order chi connectivity index (χ0) is 17.8. The van der Waals surface area contributed by atoms with Crippen LogP contribution in [0.1, 0.15) is 21.9 Å². The number of hydrogen-bond acceptors (Lipinski definition) is 5. The number of ketones is 1. The molecule has 5 nitrogen and oxygen atoms in total. The summed E-state index contributed by atoms with van der Waals surface area (Å²) < 4.78 is 31.9. The van der Waals surface area contributed by atoms with Crippen LogP contribution in [-0.4, -0.2) is 20.7 Å². The zero-order valence-corrected chi connectivity index (χ0v) is 13.2. The Labute approximate surface area is 142 Å². The van der Waals surface area contributed by atoms with Gasteiger partial charge in [0.2, 0.25) is 0 Å². The molecule has 0 atom stereocenters. The number of Topliss-reactive ketones (excluding diaryl/α,β-unsaturated/α-hetero) is 1. The summed E-state index contributed by atoms with van der Waals surface area (Å²) in [5, 5.41) is 0. The second-order valence-electron chi connectivity index (χ2n) is 5.34. The van der Waals surface area contributed by atoms with Gasteiger partial charge >= 0.3 is 0 Å². The molecule has 126 valence electrons. The van der Waals surface area contributed by atoms with E-state index in [0.717, 1.165) is 6.20 Å². The quantitative estimate of drug-likeness (QED) is 0.663. The van der Waals surface area contributed by atoms with E-state index in [0.29, 0.717) is 17.1 Å². The van der Waals surface area contributed by atoms with E-state index in [1.165, 1.54) is 36.7 Å². The topological polar surface area (TPSA) is 65.0 Å². The molecule has 3 aromatic rings. The third-order valence-corrected chi connectivity index (χ3v) is 3.25. The zero-order valence-electron chi connectivity index (χ0n) is 13.2. The van der Waals surface area contributed by atoms with Gasteiger partial charge in [-0.2, -0.15) is 0 Å². The van der Waals surface area contributed by atoms with Crippen LogP contribution < -0.4 is 4.74 Å². The fourth-order valence-corrected chi connectivity index (χ4v) is 2.22. The van der Waals surface area contributed by atoms with Crippen molar-refractivity contribution in [3.05, 3.63) is 77.6 Å². The molecule has 0 N–H and O–H groups in total. The second kappa shape index (κ2) is 7.12. The highest BCUT2D eigenvalue weighted by atomic mass is 19.1. The number of carbonyl (C=O) groups is 1. The lowest BCUT2D eigenvalue weighted by Gasteiger charge is -2.08. The van der Waals surface area contributed by atoms with Crippen molar-refractivity contribution in [2.75, 3.05) is 0 Å². The van der Waals surface area contributed by atoms with Crippen LogP contribution in [0.25, 0.3) is 0 Å². The standard InChI is InChI=1S/C18H13F2N3O2/c1-11-4-15(25-16-6-13(20)9-21-10-16)8-17(23-11)18(24)7-14-5-12(19)2-3-22-14/h2-6,8-10H,7H2,1H3. The van der Waals surface area contributed by atoms with Crippen molar-refractivity contribution in [1.29, 1.82) is 0 Å². The van der Waals surface area contributed by atoms with Gasteiger partial charge in [-0.05, 0) is 19.1 Å². The maximum Gasteiger partial charge on any atom is 0.187 e. The largest absolute Gasteiger partial charge is 0.455 e. The van der Waals surface area contributed by atoms with Crippen molar-refractivity contribution in [2.45, 2.75) is 13.3 Å². The van der Waals surface area contributed by atoms with Crippen molar-refractivity contribution in [3.8, 4) is 11.5 Å². The minimum atomic E-state index is -0.531. The van der Waals surface area contributed by atoms with Crippen LogP contribution >= 0.6 is 0 Å². The van der Waals surface area contributed by atoms with Crippen LogP contribution in [0.3, 0.4) is 0 Å². The molecule has 0 saturated heterocycles. The van der Waals surface area contributed by atoms with E-state index in [9.17, 15) is 13.6 Å². The number of rotatable bonds is 5. The number of nitrogens with zero attached hydrogens (tertiary/aromatic N) is 3. The minimum Gasteiger partial charge on any atom is -0.455 e. The van der Waals surface area contributed by atoms with E-state index in [4.69, 9.17) is 4.74 Å². The van der Waals surface area contributed by atoms with E-state index in [1.807, 2.05) is 0 Å². The summed E-state index contributed by atoms with van der Waals surface area (Å²) in [7, 11) is 0. The predicted octanol–water partition coefficient (Wildman–Crippen LogP) is 3.68. The van der Waals surface area contributed by atoms with E-state index in [1.54, 1.807) is 13.0 Å². The second-order valence-corrected chi connectivity index (χ2v) is 5.34. The van der Waals surface area contributed by atoms with Gasteiger partial charge < -0.3 is 4.74 Å². The Morgan fingerprint density at radius 2 is 1.92 bits per heavy atom. The molecule has 0 spiro atoms. The van der Waals surface area contributed by atoms with Crippen LogP contribution in [0.5, 0.6) is 11.5 Å². The molecule has 0 bridgehead atoms. The molecule has 3 aromatic heterocycles. The first-order valence-electron chi connectivity index (χ1n) is 7.40. The van der Waals surface area contributed by atoms with Crippen molar-refractivity contribution in [1.82, 2.24) is 15.0 Å². The first-order valence-corrected chi connectivity index (χ1v) is 7.40. The van der Waals surface area contributed by atoms with Crippen LogP contribution in [0.4, 0.5) is 8.78 Å². The van der Waals surface area contributed by atoms with Crippen molar-refractivity contribution in [3.63, 3.8) is 0 Å². The monoisotopic (exact) mass is 341 g/mol. The fraction of sp³-hybridized carbons (Fsp3) is 0.111. The van der Waals surface area contributed by atoms with Crippen LogP contribution in [-0.2, 0) is 6.42 Å². The maximum atomic E-state index is 13.2. The molecular weight excluding hydrogens is 328 g/mol. The van der Waals surface area contributed by atoms with Crippen LogP contribution in [0.2, 0.25) is 0 Å². The molecule has 0 aliphatic rings. The van der Waals surface area contributed by atoms with Gasteiger partial charge in [0.15, 0.2) is 5.78 Å². The molecule has 0 aromatic carbocycles. The Hall–Kier alpha value is -3.22. The molecule has 0 fully saturated rings. The first kappa shape index (κ1) is 16.6. The lowest BCUT2D eigenvalue weighted by molar-refractivity contribution is 0.0986. The van der Waals surface area contributed by atoms with Gasteiger partial charge in [0.25, 0.3) is 0 Å².